The molecule has 0 aromatic carbocycles. The van der Waals surface area contributed by atoms with Crippen LogP contribution in [0.15, 0.2) is 18.5 Å². The highest BCUT2D eigenvalue weighted by molar-refractivity contribution is 5.69. The van der Waals surface area contributed by atoms with Crippen LogP contribution in [0, 0.1) is 11.8 Å². The molecule has 20 heavy (non-hydrogen) atoms. The fraction of sp³-hybridized carbons (Fsp3) is 0.600. The number of fused-ring (bicyclic) bond motifs is 2. The molecule has 2 aliphatic rings. The Bertz CT molecular complexity index is 644. The van der Waals surface area contributed by atoms with Gasteiger partial charge in [-0.3, -0.25) is 0 Å². The molecule has 2 aromatic rings. The molecule has 1 aliphatic carbocycles. The molecule has 0 bridgehead atoms. The van der Waals surface area contributed by atoms with Crippen LogP contribution in [0.25, 0.3) is 5.52 Å². The molecule has 2 atom stereocenters. The van der Waals surface area contributed by atoms with Crippen molar-refractivity contribution in [2.75, 3.05) is 18.4 Å². The number of rotatable bonds is 2. The van der Waals surface area contributed by atoms with Crippen molar-refractivity contribution in [1.29, 1.82) is 0 Å². The first-order valence-electron chi connectivity index (χ1n) is 7.36. The molecule has 0 spiro atoms. The topological polar surface area (TPSA) is 54.2 Å². The molecule has 0 radical (unpaired) electrons. The van der Waals surface area contributed by atoms with Gasteiger partial charge in [0, 0.05) is 36.9 Å². The molecule has 5 heteroatoms. The van der Waals surface area contributed by atoms with Gasteiger partial charge in [-0.1, -0.05) is 20.8 Å². The normalized spacial score (nSPS) is 28.6. The summed E-state index contributed by atoms with van der Waals surface area (Å²) in [5.74, 6) is 2.53. The molecule has 4 rings (SSSR count). The summed E-state index contributed by atoms with van der Waals surface area (Å²) in [7, 11) is 0. The monoisotopic (exact) mass is 271 g/mol. The fourth-order valence-corrected chi connectivity index (χ4v) is 3.19. The first kappa shape index (κ1) is 12.1. The second-order valence-electron chi connectivity index (χ2n) is 7.04. The average Bonchev–Trinajstić information content (AvgIpc) is 2.85. The second kappa shape index (κ2) is 3.95. The van der Waals surface area contributed by atoms with Gasteiger partial charge in [0.1, 0.15) is 5.52 Å². The maximum Gasteiger partial charge on any atom is 0.152 e. The van der Waals surface area contributed by atoms with Gasteiger partial charge in [0.05, 0.1) is 5.69 Å². The number of nitrogens with zero attached hydrogens (tertiary/aromatic N) is 3. The highest BCUT2D eigenvalue weighted by Crippen LogP contribution is 2.43. The number of anilines is 1. The molecular weight excluding hydrogens is 250 g/mol. The SMILES string of the molecule is CC(C)(C)c1cc2c(NC3C4CNCC43)nccn2n1. The Balaban J connectivity index is 1.67. The molecule has 3 heterocycles. The van der Waals surface area contributed by atoms with Crippen LogP contribution in [0.4, 0.5) is 5.82 Å². The van der Waals surface area contributed by atoms with Crippen LogP contribution in [0.1, 0.15) is 26.5 Å². The molecule has 0 amide bonds. The Morgan fingerprint density at radius 1 is 1.30 bits per heavy atom. The van der Waals surface area contributed by atoms with Crippen LogP contribution in [0.5, 0.6) is 0 Å². The third kappa shape index (κ3) is 1.80. The van der Waals surface area contributed by atoms with Gasteiger partial charge >= 0.3 is 0 Å². The number of aromatic nitrogens is 3. The summed E-state index contributed by atoms with van der Waals surface area (Å²) in [5, 5.41) is 11.7. The molecule has 2 fully saturated rings. The smallest absolute Gasteiger partial charge is 0.152 e. The lowest BCUT2D eigenvalue weighted by Crippen LogP contribution is -2.22. The number of nitrogens with one attached hydrogen (secondary N) is 2. The van der Waals surface area contributed by atoms with E-state index in [0.717, 1.165) is 42.0 Å². The number of hydrogen-bond donors (Lipinski definition) is 2. The van der Waals surface area contributed by atoms with Crippen molar-refractivity contribution < 1.29 is 0 Å². The van der Waals surface area contributed by atoms with Crippen LogP contribution in [-0.2, 0) is 5.41 Å². The summed E-state index contributed by atoms with van der Waals surface area (Å²) >= 11 is 0. The standard InChI is InChI=1S/C15H21N5/c1-15(2,3)12-6-11-14(17-4-5-20(11)19-12)18-13-9-7-16-8-10(9)13/h4-6,9-10,13,16H,7-8H2,1-3H3,(H,17,18). The van der Waals surface area contributed by atoms with E-state index in [1.807, 2.05) is 16.9 Å². The predicted molar refractivity (Wildman–Crippen MR) is 78.9 cm³/mol. The van der Waals surface area contributed by atoms with E-state index in [1.165, 1.54) is 0 Å². The third-order valence-corrected chi connectivity index (χ3v) is 4.55. The van der Waals surface area contributed by atoms with E-state index in [0.29, 0.717) is 6.04 Å². The third-order valence-electron chi connectivity index (χ3n) is 4.55. The minimum Gasteiger partial charge on any atom is -0.365 e. The van der Waals surface area contributed by atoms with Crippen LogP contribution in [0.3, 0.4) is 0 Å². The molecule has 2 aromatic heterocycles. The van der Waals surface area contributed by atoms with E-state index in [4.69, 9.17) is 0 Å². The number of hydrogen-bond acceptors (Lipinski definition) is 4. The molecule has 106 valence electrons. The van der Waals surface area contributed by atoms with Crippen LogP contribution < -0.4 is 10.6 Å². The molecule has 1 saturated carbocycles. The van der Waals surface area contributed by atoms with Crippen LogP contribution in [0.2, 0.25) is 0 Å². The lowest BCUT2D eigenvalue weighted by molar-refractivity contribution is 0.562. The van der Waals surface area contributed by atoms with Crippen molar-refractivity contribution in [2.24, 2.45) is 11.8 Å². The lowest BCUT2D eigenvalue weighted by Gasteiger charge is -2.13. The van der Waals surface area contributed by atoms with Crippen molar-refractivity contribution in [3.05, 3.63) is 24.2 Å². The highest BCUT2D eigenvalue weighted by Gasteiger charge is 2.53. The zero-order valence-electron chi connectivity index (χ0n) is 12.2. The van der Waals surface area contributed by atoms with Gasteiger partial charge in [-0.15, -0.1) is 0 Å². The van der Waals surface area contributed by atoms with Crippen molar-refractivity contribution in [1.82, 2.24) is 19.9 Å². The van der Waals surface area contributed by atoms with E-state index in [1.54, 1.807) is 0 Å². The van der Waals surface area contributed by atoms with Crippen molar-refractivity contribution >= 4 is 11.3 Å². The van der Waals surface area contributed by atoms with Crippen molar-refractivity contribution in [2.45, 2.75) is 32.2 Å². The molecule has 1 aliphatic heterocycles. The molecule has 5 nitrogen and oxygen atoms in total. The summed E-state index contributed by atoms with van der Waals surface area (Å²) in [4.78, 5) is 4.52. The lowest BCUT2D eigenvalue weighted by atomic mass is 9.92. The minimum absolute atomic E-state index is 0.0588. The number of piperidine rings is 1. The Hall–Kier alpha value is -1.62. The fourth-order valence-electron chi connectivity index (χ4n) is 3.19. The summed E-state index contributed by atoms with van der Waals surface area (Å²) in [6, 6.07) is 2.74. The molecule has 2 N–H and O–H groups in total. The van der Waals surface area contributed by atoms with E-state index in [-0.39, 0.29) is 5.41 Å². The summed E-state index contributed by atoms with van der Waals surface area (Å²) in [6.07, 6.45) is 3.75. The zero-order chi connectivity index (χ0) is 13.9. The van der Waals surface area contributed by atoms with Crippen LogP contribution >= 0.6 is 0 Å². The summed E-state index contributed by atoms with van der Waals surface area (Å²) < 4.78 is 1.94. The summed E-state index contributed by atoms with van der Waals surface area (Å²) in [5.41, 5.74) is 2.24. The summed E-state index contributed by atoms with van der Waals surface area (Å²) in [6.45, 7) is 8.83. The van der Waals surface area contributed by atoms with Crippen molar-refractivity contribution in [3.63, 3.8) is 0 Å². The quantitative estimate of drug-likeness (QED) is 0.872. The van der Waals surface area contributed by atoms with Gasteiger partial charge in [-0.2, -0.15) is 5.10 Å². The van der Waals surface area contributed by atoms with Crippen molar-refractivity contribution in [3.8, 4) is 0 Å². The molecule has 2 unspecified atom stereocenters. The first-order valence-corrected chi connectivity index (χ1v) is 7.36. The van der Waals surface area contributed by atoms with Gasteiger partial charge < -0.3 is 10.6 Å². The average molecular weight is 271 g/mol. The Morgan fingerprint density at radius 3 is 2.75 bits per heavy atom. The zero-order valence-corrected chi connectivity index (χ0v) is 12.2. The predicted octanol–water partition coefficient (Wildman–Crippen LogP) is 1.66. The highest BCUT2D eigenvalue weighted by atomic mass is 15.3. The Morgan fingerprint density at radius 2 is 2.05 bits per heavy atom. The second-order valence-corrected chi connectivity index (χ2v) is 7.04. The van der Waals surface area contributed by atoms with Gasteiger partial charge in [-0.25, -0.2) is 9.50 Å². The molecular formula is C15H21N5. The van der Waals surface area contributed by atoms with Gasteiger partial charge in [0.15, 0.2) is 5.82 Å². The maximum atomic E-state index is 4.67. The Labute approximate surface area is 118 Å². The minimum atomic E-state index is 0.0588. The van der Waals surface area contributed by atoms with E-state index < -0.39 is 0 Å². The van der Waals surface area contributed by atoms with Gasteiger partial charge in [0.2, 0.25) is 0 Å². The maximum absolute atomic E-state index is 4.67. The Kier molecular flexibility index (Phi) is 2.40. The first-order chi connectivity index (χ1) is 9.54. The van der Waals surface area contributed by atoms with Crippen LogP contribution in [-0.4, -0.2) is 33.7 Å². The largest absolute Gasteiger partial charge is 0.365 e. The van der Waals surface area contributed by atoms with Gasteiger partial charge in [-0.05, 0) is 17.9 Å². The van der Waals surface area contributed by atoms with E-state index in [9.17, 15) is 0 Å². The van der Waals surface area contributed by atoms with Gasteiger partial charge in [0.25, 0.3) is 0 Å². The van der Waals surface area contributed by atoms with E-state index in [2.05, 4.69) is 47.6 Å². The van der Waals surface area contributed by atoms with E-state index >= 15 is 0 Å². The molecule has 1 saturated heterocycles.